The minimum Gasteiger partial charge on any atom is -0.374 e. The Morgan fingerprint density at radius 1 is 1.23 bits per heavy atom. The summed E-state index contributed by atoms with van der Waals surface area (Å²) < 4.78 is 44.0. The van der Waals surface area contributed by atoms with Crippen LogP contribution in [0.1, 0.15) is 56.2 Å². The molecule has 0 spiro atoms. The van der Waals surface area contributed by atoms with E-state index in [-0.39, 0.29) is 28.7 Å². The first-order chi connectivity index (χ1) is 21.0. The molecule has 12 heteroatoms. The Bertz CT molecular complexity index is 1700. The maximum atomic E-state index is 15.1. The number of halogens is 4. The fraction of sp³-hybridized carbons (Fsp3) is 0.406. The van der Waals surface area contributed by atoms with E-state index in [4.69, 9.17) is 22.7 Å². The van der Waals surface area contributed by atoms with Crippen LogP contribution in [0.5, 0.6) is 0 Å². The van der Waals surface area contributed by atoms with Crippen LogP contribution in [-0.2, 0) is 6.42 Å². The third-order valence-corrected chi connectivity index (χ3v) is 8.75. The van der Waals surface area contributed by atoms with Gasteiger partial charge in [0.15, 0.2) is 5.82 Å². The van der Waals surface area contributed by atoms with Gasteiger partial charge in [0.2, 0.25) is 0 Å². The molecule has 0 unspecified atom stereocenters. The first kappa shape index (κ1) is 31.7. The minimum absolute atomic E-state index is 0.0324. The highest BCUT2D eigenvalue weighted by molar-refractivity contribution is 6.31. The number of amidine groups is 1. The molecular formula is C32H37ClF3N7O. The highest BCUT2D eigenvalue weighted by Crippen LogP contribution is 2.35. The molecule has 0 radical (unpaired) electrons. The van der Waals surface area contributed by atoms with Crippen molar-refractivity contribution >= 4 is 28.5 Å². The number of alkyl halides is 2. The number of nitrogens with one attached hydrogen (secondary N) is 3. The van der Waals surface area contributed by atoms with Crippen molar-refractivity contribution in [1.29, 1.82) is 5.41 Å². The normalized spacial score (nSPS) is 17.7. The van der Waals surface area contributed by atoms with Crippen molar-refractivity contribution in [2.45, 2.75) is 63.5 Å². The zero-order valence-electron chi connectivity index (χ0n) is 24.8. The predicted molar refractivity (Wildman–Crippen MR) is 169 cm³/mol. The van der Waals surface area contributed by atoms with Gasteiger partial charge in [-0.1, -0.05) is 23.7 Å². The number of nitrogens with two attached hydrogens (primary N) is 1. The molecule has 1 aliphatic heterocycles. The Kier molecular flexibility index (Phi) is 9.48. The van der Waals surface area contributed by atoms with Crippen LogP contribution in [0.4, 0.5) is 13.2 Å². The van der Waals surface area contributed by atoms with Gasteiger partial charge in [0.05, 0.1) is 28.8 Å². The second-order valence-corrected chi connectivity index (χ2v) is 12.0. The van der Waals surface area contributed by atoms with E-state index in [0.717, 1.165) is 32.2 Å². The van der Waals surface area contributed by atoms with Crippen LogP contribution in [-0.4, -0.2) is 57.4 Å². The largest absolute Gasteiger partial charge is 0.374 e. The summed E-state index contributed by atoms with van der Waals surface area (Å²) in [6, 6.07) is 13.0. The first-order valence-electron chi connectivity index (χ1n) is 14.8. The van der Waals surface area contributed by atoms with Crippen molar-refractivity contribution in [1.82, 2.24) is 24.8 Å². The SMILES string of the molecule is CC(=N)NCC[C@@H]1CCC[C@@H](c2ccc(-n3cc4cc(-c5cc(CCC(F)(F)CN)cc(Cl)c5F)[nH]c4nc3=O)cc2)N1C. The molecule has 1 saturated heterocycles. The number of fused-ring (bicyclic) bond motifs is 1. The summed E-state index contributed by atoms with van der Waals surface area (Å²) in [6.45, 7) is 1.75. The maximum absolute atomic E-state index is 15.1. The van der Waals surface area contributed by atoms with E-state index in [1.54, 1.807) is 19.2 Å². The fourth-order valence-electron chi connectivity index (χ4n) is 5.98. The molecule has 5 rings (SSSR count). The number of rotatable bonds is 10. The molecule has 0 aliphatic carbocycles. The average Bonchev–Trinajstić information content (AvgIpc) is 3.40. The summed E-state index contributed by atoms with van der Waals surface area (Å²) in [5.41, 5.74) is 7.60. The Hall–Kier alpha value is -3.67. The third-order valence-electron chi connectivity index (χ3n) is 8.47. The molecule has 0 bridgehead atoms. The highest BCUT2D eigenvalue weighted by atomic mass is 35.5. The first-order valence-corrected chi connectivity index (χ1v) is 15.1. The van der Waals surface area contributed by atoms with Crippen molar-refractivity contribution in [2.24, 2.45) is 5.73 Å². The van der Waals surface area contributed by atoms with Crippen LogP contribution in [0, 0.1) is 11.2 Å². The highest BCUT2D eigenvalue weighted by Gasteiger charge is 2.29. The van der Waals surface area contributed by atoms with E-state index in [2.05, 4.69) is 27.2 Å². The Labute approximate surface area is 258 Å². The van der Waals surface area contributed by atoms with Gasteiger partial charge in [-0.05, 0) is 87.5 Å². The van der Waals surface area contributed by atoms with Gasteiger partial charge in [0, 0.05) is 42.2 Å². The quantitative estimate of drug-likeness (QED) is 0.123. The number of nitrogens with zero attached hydrogens (tertiary/aromatic N) is 3. The number of likely N-dealkylation sites (tertiary alicyclic amines) is 1. The van der Waals surface area contributed by atoms with Crippen LogP contribution in [0.15, 0.2) is 53.5 Å². The van der Waals surface area contributed by atoms with Gasteiger partial charge in [-0.3, -0.25) is 14.9 Å². The average molecular weight is 628 g/mol. The van der Waals surface area contributed by atoms with E-state index in [1.165, 1.54) is 22.3 Å². The van der Waals surface area contributed by atoms with Gasteiger partial charge >= 0.3 is 5.69 Å². The maximum Gasteiger partial charge on any atom is 0.354 e. The molecule has 0 saturated carbocycles. The molecule has 3 heterocycles. The molecule has 234 valence electrons. The van der Waals surface area contributed by atoms with Gasteiger partial charge in [0.25, 0.3) is 5.92 Å². The van der Waals surface area contributed by atoms with Crippen molar-refractivity contribution in [3.63, 3.8) is 0 Å². The summed E-state index contributed by atoms with van der Waals surface area (Å²) in [4.78, 5) is 22.6. The second kappa shape index (κ2) is 13.1. The van der Waals surface area contributed by atoms with Crippen molar-refractivity contribution < 1.29 is 13.2 Å². The van der Waals surface area contributed by atoms with Crippen LogP contribution in [0.25, 0.3) is 28.0 Å². The van der Waals surface area contributed by atoms with E-state index in [0.29, 0.717) is 34.2 Å². The standard InChI is InChI=1S/C32H37ClF3N7O/c1-19(38)39-13-11-23-4-3-5-28(42(23)2)21-6-8-24(9-7-21)43-17-22-16-27(40-30(22)41-31(43)44)25-14-20(15-26(33)29(25)34)10-12-32(35,36)18-37/h6-9,14-17,23,28H,3-5,10-13,18,37H2,1-2H3,(H2,38,39)(H,40,41,44)/t23-,28-/m0/s1. The lowest BCUT2D eigenvalue weighted by molar-refractivity contribution is 0.00246. The molecule has 1 fully saturated rings. The molecular weight excluding hydrogens is 591 g/mol. The molecule has 0 amide bonds. The smallest absolute Gasteiger partial charge is 0.354 e. The van der Waals surface area contributed by atoms with Crippen LogP contribution in [0.3, 0.4) is 0 Å². The lowest BCUT2D eigenvalue weighted by atomic mass is 9.90. The summed E-state index contributed by atoms with van der Waals surface area (Å²) in [7, 11) is 2.15. The molecule has 2 atom stereocenters. The van der Waals surface area contributed by atoms with Crippen LogP contribution >= 0.6 is 11.6 Å². The van der Waals surface area contributed by atoms with Crippen LogP contribution < -0.4 is 16.7 Å². The summed E-state index contributed by atoms with van der Waals surface area (Å²) in [6.07, 6.45) is 5.37. The van der Waals surface area contributed by atoms with Gasteiger partial charge in [-0.25, -0.2) is 18.0 Å². The number of H-pyrrole nitrogens is 1. The lowest BCUT2D eigenvalue weighted by Crippen LogP contribution is -2.40. The number of aromatic nitrogens is 3. The lowest BCUT2D eigenvalue weighted by Gasteiger charge is -2.40. The van der Waals surface area contributed by atoms with E-state index < -0.39 is 30.4 Å². The Morgan fingerprint density at radius 2 is 1.98 bits per heavy atom. The predicted octanol–water partition coefficient (Wildman–Crippen LogP) is 6.20. The van der Waals surface area contributed by atoms with Crippen molar-refractivity contribution in [3.8, 4) is 16.9 Å². The number of hydrogen-bond acceptors (Lipinski definition) is 5. The van der Waals surface area contributed by atoms with Gasteiger partial charge < -0.3 is 16.0 Å². The molecule has 5 N–H and O–H groups in total. The zero-order chi connectivity index (χ0) is 31.6. The number of aromatic amines is 1. The molecule has 44 heavy (non-hydrogen) atoms. The molecule has 1 aliphatic rings. The monoisotopic (exact) mass is 627 g/mol. The molecule has 2 aromatic heterocycles. The van der Waals surface area contributed by atoms with Crippen molar-refractivity contribution in [3.05, 3.63) is 81.1 Å². The fourth-order valence-corrected chi connectivity index (χ4v) is 6.22. The Balaban J connectivity index is 1.37. The number of hydrogen-bond donors (Lipinski definition) is 4. The number of benzene rings is 2. The van der Waals surface area contributed by atoms with E-state index in [9.17, 15) is 13.6 Å². The number of piperidine rings is 1. The van der Waals surface area contributed by atoms with Gasteiger partial charge in [-0.15, -0.1) is 0 Å². The summed E-state index contributed by atoms with van der Waals surface area (Å²) in [5, 5.41) is 11.1. The van der Waals surface area contributed by atoms with Gasteiger partial charge in [-0.2, -0.15) is 4.98 Å². The number of aryl methyl sites for hydroxylation is 1. The molecule has 8 nitrogen and oxygen atoms in total. The molecule has 4 aromatic rings. The summed E-state index contributed by atoms with van der Waals surface area (Å²) in [5.74, 6) is -3.26. The zero-order valence-corrected chi connectivity index (χ0v) is 25.5. The minimum atomic E-state index is -3.03. The van der Waals surface area contributed by atoms with E-state index in [1.807, 2.05) is 24.3 Å². The second-order valence-electron chi connectivity index (χ2n) is 11.6. The topological polar surface area (TPSA) is 116 Å². The van der Waals surface area contributed by atoms with E-state index >= 15 is 4.39 Å². The van der Waals surface area contributed by atoms with Gasteiger partial charge in [0.1, 0.15) is 5.65 Å². The molecule has 2 aromatic carbocycles. The third kappa shape index (κ3) is 7.00. The summed E-state index contributed by atoms with van der Waals surface area (Å²) >= 11 is 6.12. The van der Waals surface area contributed by atoms with Crippen LogP contribution in [0.2, 0.25) is 5.02 Å². The van der Waals surface area contributed by atoms with Crippen molar-refractivity contribution in [2.75, 3.05) is 20.1 Å². The Morgan fingerprint density at radius 3 is 2.68 bits per heavy atom.